The Morgan fingerprint density at radius 1 is 1.06 bits per heavy atom. The lowest BCUT2D eigenvalue weighted by molar-refractivity contribution is -0.139. The molecule has 0 N–H and O–H groups in total. The van der Waals surface area contributed by atoms with Gasteiger partial charge in [-0.25, -0.2) is 4.98 Å². The fraction of sp³-hybridized carbons (Fsp3) is 0.0833. The van der Waals surface area contributed by atoms with E-state index in [2.05, 4.69) is 4.98 Å². The fourth-order valence-corrected chi connectivity index (χ4v) is 2.18. The van der Waals surface area contributed by atoms with Gasteiger partial charge in [-0.3, -0.25) is 0 Å². The van der Waals surface area contributed by atoms with Crippen LogP contribution in [0.4, 0.5) is 13.2 Å². The van der Waals surface area contributed by atoms with Crippen LogP contribution >= 0.6 is 11.6 Å². The van der Waals surface area contributed by atoms with Gasteiger partial charge in [0.1, 0.15) is 5.52 Å². The molecule has 0 saturated carbocycles. The van der Waals surface area contributed by atoms with Crippen molar-refractivity contribution in [2.24, 2.45) is 0 Å². The zero-order valence-electron chi connectivity index (χ0n) is 8.87. The number of para-hydroxylation sites is 1. The fourth-order valence-electron chi connectivity index (χ4n) is 1.97. The maximum atomic E-state index is 12.9. The van der Waals surface area contributed by atoms with Gasteiger partial charge in [-0.1, -0.05) is 17.7 Å². The van der Waals surface area contributed by atoms with Gasteiger partial charge in [0.25, 0.3) is 0 Å². The first kappa shape index (κ1) is 11.3. The van der Waals surface area contributed by atoms with Crippen LogP contribution in [0.15, 0.2) is 36.5 Å². The van der Waals surface area contributed by atoms with Crippen LogP contribution < -0.4 is 0 Å². The Bertz CT molecular complexity index is 746. The standard InChI is InChI=1S/C12H6ClF3N2/c13-7-3-1-4-8-10(7)17-11(12(14,15)16)9-5-2-6-18(8)9/h1-6H. The molecule has 1 aromatic carbocycles. The van der Waals surface area contributed by atoms with Gasteiger partial charge in [-0.15, -0.1) is 0 Å². The monoisotopic (exact) mass is 270 g/mol. The molecule has 2 heterocycles. The van der Waals surface area contributed by atoms with Gasteiger partial charge in [0.2, 0.25) is 0 Å². The van der Waals surface area contributed by atoms with Crippen LogP contribution in [0.25, 0.3) is 16.6 Å². The molecular weight excluding hydrogens is 265 g/mol. The molecule has 2 nitrogen and oxygen atoms in total. The molecule has 0 unspecified atom stereocenters. The molecule has 0 spiro atoms. The van der Waals surface area contributed by atoms with Crippen LogP contribution in [0.3, 0.4) is 0 Å². The summed E-state index contributed by atoms with van der Waals surface area (Å²) in [5.41, 5.74) is -0.198. The minimum atomic E-state index is -4.51. The van der Waals surface area contributed by atoms with Gasteiger partial charge in [0, 0.05) is 6.20 Å². The highest BCUT2D eigenvalue weighted by atomic mass is 35.5. The molecule has 0 aliphatic rings. The summed E-state index contributed by atoms with van der Waals surface area (Å²) in [4.78, 5) is 3.67. The molecule has 0 aliphatic heterocycles. The van der Waals surface area contributed by atoms with Gasteiger partial charge >= 0.3 is 6.18 Å². The Labute approximate surface area is 105 Å². The predicted molar refractivity (Wildman–Crippen MR) is 62.7 cm³/mol. The van der Waals surface area contributed by atoms with Crippen molar-refractivity contribution >= 4 is 28.2 Å². The topological polar surface area (TPSA) is 17.3 Å². The van der Waals surface area contributed by atoms with Crippen LogP contribution in [-0.4, -0.2) is 9.38 Å². The number of aromatic nitrogens is 2. The highest BCUT2D eigenvalue weighted by Crippen LogP contribution is 2.34. The van der Waals surface area contributed by atoms with E-state index >= 15 is 0 Å². The molecule has 0 amide bonds. The summed E-state index contributed by atoms with van der Waals surface area (Å²) in [6.07, 6.45) is -2.95. The van der Waals surface area contributed by atoms with Crippen LogP contribution in [0.1, 0.15) is 5.69 Å². The van der Waals surface area contributed by atoms with Crippen LogP contribution in [0.5, 0.6) is 0 Å². The molecule has 92 valence electrons. The zero-order valence-corrected chi connectivity index (χ0v) is 9.63. The molecule has 3 rings (SSSR count). The molecule has 0 aliphatic carbocycles. The Morgan fingerprint density at radius 3 is 2.50 bits per heavy atom. The number of halogens is 4. The number of fused-ring (bicyclic) bond motifs is 3. The minimum Gasteiger partial charge on any atom is -0.313 e. The maximum Gasteiger partial charge on any atom is 0.435 e. The van der Waals surface area contributed by atoms with Crippen LogP contribution in [0, 0.1) is 0 Å². The first-order valence-corrected chi connectivity index (χ1v) is 5.49. The number of benzene rings is 1. The second kappa shape index (κ2) is 3.62. The van der Waals surface area contributed by atoms with E-state index in [0.29, 0.717) is 5.52 Å². The first-order chi connectivity index (χ1) is 8.48. The molecule has 0 bridgehead atoms. The van der Waals surface area contributed by atoms with Crippen molar-refractivity contribution in [1.82, 2.24) is 9.38 Å². The Balaban J connectivity index is 2.56. The van der Waals surface area contributed by atoms with Crippen molar-refractivity contribution in [2.45, 2.75) is 6.18 Å². The van der Waals surface area contributed by atoms with Crippen molar-refractivity contribution in [2.75, 3.05) is 0 Å². The normalized spacial score (nSPS) is 12.4. The van der Waals surface area contributed by atoms with Crippen LogP contribution in [0.2, 0.25) is 5.02 Å². The number of hydrogen-bond acceptors (Lipinski definition) is 1. The number of rotatable bonds is 0. The third-order valence-corrected chi connectivity index (χ3v) is 3.01. The van der Waals surface area contributed by atoms with E-state index in [-0.39, 0.29) is 16.1 Å². The molecule has 3 aromatic rings. The van der Waals surface area contributed by atoms with E-state index in [1.54, 1.807) is 24.4 Å². The highest BCUT2D eigenvalue weighted by Gasteiger charge is 2.35. The first-order valence-electron chi connectivity index (χ1n) is 5.11. The van der Waals surface area contributed by atoms with Crippen LogP contribution in [-0.2, 0) is 6.18 Å². The van der Waals surface area contributed by atoms with E-state index in [4.69, 9.17) is 11.6 Å². The van der Waals surface area contributed by atoms with Gasteiger partial charge in [0.15, 0.2) is 5.69 Å². The van der Waals surface area contributed by atoms with Gasteiger partial charge in [-0.05, 0) is 24.3 Å². The lowest BCUT2D eigenvalue weighted by Gasteiger charge is -2.11. The Hall–Kier alpha value is -1.75. The lowest BCUT2D eigenvalue weighted by Crippen LogP contribution is -2.10. The summed E-state index contributed by atoms with van der Waals surface area (Å²) in [7, 11) is 0. The Kier molecular flexibility index (Phi) is 2.28. The summed E-state index contributed by atoms with van der Waals surface area (Å²) in [5, 5.41) is 0.202. The number of hydrogen-bond donors (Lipinski definition) is 0. The molecule has 6 heteroatoms. The Morgan fingerprint density at radius 2 is 1.78 bits per heavy atom. The highest BCUT2D eigenvalue weighted by molar-refractivity contribution is 6.34. The van der Waals surface area contributed by atoms with E-state index in [9.17, 15) is 13.2 Å². The molecule has 18 heavy (non-hydrogen) atoms. The smallest absolute Gasteiger partial charge is 0.313 e. The quantitative estimate of drug-likeness (QED) is 0.599. The second-order valence-corrected chi connectivity index (χ2v) is 4.24. The van der Waals surface area contributed by atoms with E-state index < -0.39 is 11.9 Å². The van der Waals surface area contributed by atoms with E-state index in [1.807, 2.05) is 0 Å². The number of nitrogens with zero attached hydrogens (tertiary/aromatic N) is 2. The third-order valence-electron chi connectivity index (χ3n) is 2.71. The maximum absolute atomic E-state index is 12.9. The largest absolute Gasteiger partial charge is 0.435 e. The van der Waals surface area contributed by atoms with E-state index in [1.165, 1.54) is 16.5 Å². The molecule has 0 radical (unpaired) electrons. The average molecular weight is 271 g/mol. The SMILES string of the molecule is FC(F)(F)c1nc2c(Cl)cccc2n2cccc12. The molecule has 0 fully saturated rings. The molecule has 0 atom stereocenters. The van der Waals surface area contributed by atoms with Crippen molar-refractivity contribution in [1.29, 1.82) is 0 Å². The molecule has 2 aromatic heterocycles. The predicted octanol–water partition coefficient (Wildman–Crippen LogP) is 4.16. The van der Waals surface area contributed by atoms with Crippen molar-refractivity contribution < 1.29 is 13.2 Å². The van der Waals surface area contributed by atoms with Crippen molar-refractivity contribution in [3.05, 3.63) is 47.2 Å². The number of alkyl halides is 3. The van der Waals surface area contributed by atoms with Crippen molar-refractivity contribution in [3.63, 3.8) is 0 Å². The summed E-state index contributed by atoms with van der Waals surface area (Å²) >= 11 is 5.90. The lowest BCUT2D eigenvalue weighted by atomic mass is 10.2. The van der Waals surface area contributed by atoms with Gasteiger partial charge in [0.05, 0.1) is 16.1 Å². The van der Waals surface area contributed by atoms with Crippen molar-refractivity contribution in [3.8, 4) is 0 Å². The molecule has 0 saturated heterocycles. The summed E-state index contributed by atoms with van der Waals surface area (Å²) in [6, 6.07) is 7.82. The summed E-state index contributed by atoms with van der Waals surface area (Å²) in [6.45, 7) is 0. The molecular formula is C12H6ClF3N2. The average Bonchev–Trinajstić information content (AvgIpc) is 2.76. The van der Waals surface area contributed by atoms with Gasteiger partial charge < -0.3 is 4.40 Å². The summed E-state index contributed by atoms with van der Waals surface area (Å²) in [5.74, 6) is 0. The van der Waals surface area contributed by atoms with E-state index in [0.717, 1.165) is 0 Å². The minimum absolute atomic E-state index is 0.0252. The summed E-state index contributed by atoms with van der Waals surface area (Å²) < 4.78 is 40.2. The third kappa shape index (κ3) is 1.54. The zero-order chi connectivity index (χ0) is 12.9. The second-order valence-electron chi connectivity index (χ2n) is 3.83. The van der Waals surface area contributed by atoms with Gasteiger partial charge in [-0.2, -0.15) is 13.2 Å².